The Morgan fingerprint density at radius 1 is 1.30 bits per heavy atom. The van der Waals surface area contributed by atoms with Crippen molar-refractivity contribution in [2.75, 3.05) is 5.73 Å². The predicted octanol–water partition coefficient (Wildman–Crippen LogP) is 2.20. The van der Waals surface area contributed by atoms with Crippen LogP contribution >= 0.6 is 0 Å². The lowest BCUT2D eigenvalue weighted by molar-refractivity contribution is 0.708. The first kappa shape index (κ1) is 12.7. The van der Waals surface area contributed by atoms with E-state index in [0.717, 1.165) is 42.6 Å². The summed E-state index contributed by atoms with van der Waals surface area (Å²) in [6.07, 6.45) is 7.11. The minimum Gasteiger partial charge on any atom is -0.383 e. The zero-order valence-corrected chi connectivity index (χ0v) is 11.6. The van der Waals surface area contributed by atoms with Crippen molar-refractivity contribution < 1.29 is 0 Å². The molecule has 0 amide bonds. The van der Waals surface area contributed by atoms with Crippen LogP contribution < -0.4 is 5.73 Å². The van der Waals surface area contributed by atoms with E-state index in [0.29, 0.717) is 11.4 Å². The van der Waals surface area contributed by atoms with Gasteiger partial charge in [0, 0.05) is 24.5 Å². The average molecular weight is 267 g/mol. The molecule has 5 heteroatoms. The molecule has 0 radical (unpaired) electrons. The van der Waals surface area contributed by atoms with Gasteiger partial charge in [0.05, 0.1) is 5.69 Å². The molecular formula is C15H17N5. The quantitative estimate of drug-likeness (QED) is 0.803. The Balaban J connectivity index is 2.33. The highest BCUT2D eigenvalue weighted by Crippen LogP contribution is 2.34. The Morgan fingerprint density at radius 2 is 2.10 bits per heavy atom. The lowest BCUT2D eigenvalue weighted by Crippen LogP contribution is -2.08. The van der Waals surface area contributed by atoms with Crippen molar-refractivity contribution >= 4 is 5.82 Å². The number of hydrogen-bond acceptors (Lipinski definition) is 4. The first-order valence-corrected chi connectivity index (χ1v) is 6.92. The molecule has 102 valence electrons. The third kappa shape index (κ3) is 1.94. The predicted molar refractivity (Wildman–Crippen MR) is 76.8 cm³/mol. The summed E-state index contributed by atoms with van der Waals surface area (Å²) in [4.78, 5) is 4.47. The highest BCUT2D eigenvalue weighted by molar-refractivity contribution is 5.77. The summed E-state index contributed by atoms with van der Waals surface area (Å²) in [6, 6.07) is 4.15. The molecule has 0 unspecified atom stereocenters. The minimum atomic E-state index is 0.337. The Hall–Kier alpha value is -2.35. The topological polar surface area (TPSA) is 80.5 Å². The SMILES string of the molecule is Cn1nccc1-c1c(C#N)c(N)nc2c1CCCCC2. The van der Waals surface area contributed by atoms with Crippen LogP contribution in [0.4, 0.5) is 5.82 Å². The van der Waals surface area contributed by atoms with Gasteiger partial charge in [-0.15, -0.1) is 0 Å². The minimum absolute atomic E-state index is 0.337. The molecule has 3 rings (SSSR count). The smallest absolute Gasteiger partial charge is 0.142 e. The Bertz CT molecular complexity index is 693. The fourth-order valence-electron chi connectivity index (χ4n) is 2.95. The summed E-state index contributed by atoms with van der Waals surface area (Å²) in [5.41, 5.74) is 10.6. The number of aryl methyl sites for hydroxylation is 2. The number of nitrogens with zero attached hydrogens (tertiary/aromatic N) is 4. The summed E-state index contributed by atoms with van der Waals surface area (Å²) in [6.45, 7) is 0. The number of hydrogen-bond donors (Lipinski definition) is 1. The number of rotatable bonds is 1. The van der Waals surface area contributed by atoms with Crippen molar-refractivity contribution in [3.63, 3.8) is 0 Å². The molecule has 5 nitrogen and oxygen atoms in total. The van der Waals surface area contributed by atoms with Crippen molar-refractivity contribution in [3.05, 3.63) is 29.1 Å². The van der Waals surface area contributed by atoms with E-state index in [1.807, 2.05) is 13.1 Å². The Morgan fingerprint density at radius 3 is 2.80 bits per heavy atom. The van der Waals surface area contributed by atoms with Gasteiger partial charge < -0.3 is 5.73 Å². The van der Waals surface area contributed by atoms with E-state index >= 15 is 0 Å². The van der Waals surface area contributed by atoms with Gasteiger partial charge in [-0.05, 0) is 37.3 Å². The van der Waals surface area contributed by atoms with Crippen LogP contribution in [0.15, 0.2) is 12.3 Å². The number of nitrogens with two attached hydrogens (primary N) is 1. The number of aromatic nitrogens is 3. The normalized spacial score (nSPS) is 14.4. The van der Waals surface area contributed by atoms with Gasteiger partial charge in [-0.3, -0.25) is 4.68 Å². The summed E-state index contributed by atoms with van der Waals surface area (Å²) in [5.74, 6) is 0.337. The second kappa shape index (κ2) is 4.97. The maximum atomic E-state index is 9.46. The maximum Gasteiger partial charge on any atom is 0.142 e. The summed E-state index contributed by atoms with van der Waals surface area (Å²) in [5, 5.41) is 13.7. The van der Waals surface area contributed by atoms with Crippen LogP contribution in [-0.2, 0) is 19.9 Å². The third-order valence-electron chi connectivity index (χ3n) is 3.94. The average Bonchev–Trinajstić information content (AvgIpc) is 2.71. The standard InChI is InChI=1S/C15H17N5/c1-20-13(7-8-18-20)14-10-5-3-2-4-6-12(10)19-15(17)11(14)9-16/h7-8H,2-6H2,1H3,(H2,17,19). The highest BCUT2D eigenvalue weighted by Gasteiger charge is 2.22. The monoisotopic (exact) mass is 267 g/mol. The molecule has 20 heavy (non-hydrogen) atoms. The second-order valence-corrected chi connectivity index (χ2v) is 5.18. The van der Waals surface area contributed by atoms with Crippen molar-refractivity contribution in [2.45, 2.75) is 32.1 Å². The number of pyridine rings is 1. The van der Waals surface area contributed by atoms with Crippen LogP contribution in [0.3, 0.4) is 0 Å². The van der Waals surface area contributed by atoms with Crippen LogP contribution in [0.5, 0.6) is 0 Å². The van der Waals surface area contributed by atoms with Crippen LogP contribution in [0, 0.1) is 11.3 Å². The highest BCUT2D eigenvalue weighted by atomic mass is 15.3. The Kier molecular flexibility index (Phi) is 3.15. The number of nitriles is 1. The summed E-state index contributed by atoms with van der Waals surface area (Å²) in [7, 11) is 1.89. The van der Waals surface area contributed by atoms with E-state index in [4.69, 9.17) is 5.73 Å². The molecule has 0 saturated carbocycles. The van der Waals surface area contributed by atoms with Crippen LogP contribution in [-0.4, -0.2) is 14.8 Å². The first-order valence-electron chi connectivity index (χ1n) is 6.92. The zero-order chi connectivity index (χ0) is 14.1. The molecule has 0 aromatic carbocycles. The van der Waals surface area contributed by atoms with Crippen LogP contribution in [0.2, 0.25) is 0 Å². The maximum absolute atomic E-state index is 9.46. The molecular weight excluding hydrogens is 250 g/mol. The van der Waals surface area contributed by atoms with Gasteiger partial charge in [0.25, 0.3) is 0 Å². The van der Waals surface area contributed by atoms with E-state index in [1.54, 1.807) is 10.9 Å². The molecule has 0 saturated heterocycles. The molecule has 2 heterocycles. The van der Waals surface area contributed by atoms with Crippen molar-refractivity contribution in [1.29, 1.82) is 5.26 Å². The van der Waals surface area contributed by atoms with Crippen LogP contribution in [0.1, 0.15) is 36.1 Å². The van der Waals surface area contributed by atoms with E-state index in [2.05, 4.69) is 16.2 Å². The molecule has 0 fully saturated rings. The molecule has 2 aromatic heterocycles. The van der Waals surface area contributed by atoms with Crippen molar-refractivity contribution in [3.8, 4) is 17.3 Å². The first-order chi connectivity index (χ1) is 9.72. The molecule has 0 bridgehead atoms. The van der Waals surface area contributed by atoms with Gasteiger partial charge in [-0.1, -0.05) is 6.42 Å². The molecule has 1 aliphatic carbocycles. The summed E-state index contributed by atoms with van der Waals surface area (Å²) >= 11 is 0. The van der Waals surface area contributed by atoms with Gasteiger partial charge in [-0.2, -0.15) is 10.4 Å². The molecule has 0 spiro atoms. The molecule has 2 N–H and O–H groups in total. The molecule has 2 aromatic rings. The second-order valence-electron chi connectivity index (χ2n) is 5.18. The zero-order valence-electron chi connectivity index (χ0n) is 11.6. The fraction of sp³-hybridized carbons (Fsp3) is 0.400. The molecule has 0 aliphatic heterocycles. The largest absolute Gasteiger partial charge is 0.383 e. The Labute approximate surface area is 118 Å². The van der Waals surface area contributed by atoms with Gasteiger partial charge in [0.1, 0.15) is 17.5 Å². The van der Waals surface area contributed by atoms with Crippen molar-refractivity contribution in [1.82, 2.24) is 14.8 Å². The lowest BCUT2D eigenvalue weighted by Gasteiger charge is -2.15. The van der Waals surface area contributed by atoms with Crippen LogP contribution in [0.25, 0.3) is 11.3 Å². The van der Waals surface area contributed by atoms with E-state index in [9.17, 15) is 5.26 Å². The third-order valence-corrected chi connectivity index (χ3v) is 3.94. The van der Waals surface area contributed by atoms with E-state index in [1.165, 1.54) is 12.0 Å². The lowest BCUT2D eigenvalue weighted by atomic mass is 9.95. The van der Waals surface area contributed by atoms with E-state index in [-0.39, 0.29) is 0 Å². The summed E-state index contributed by atoms with van der Waals surface area (Å²) < 4.78 is 1.79. The molecule has 0 atom stereocenters. The van der Waals surface area contributed by atoms with Gasteiger partial charge >= 0.3 is 0 Å². The molecule has 1 aliphatic rings. The van der Waals surface area contributed by atoms with Gasteiger partial charge in [-0.25, -0.2) is 4.98 Å². The van der Waals surface area contributed by atoms with Crippen molar-refractivity contribution in [2.24, 2.45) is 7.05 Å². The van der Waals surface area contributed by atoms with Gasteiger partial charge in [0.15, 0.2) is 0 Å². The fourth-order valence-corrected chi connectivity index (χ4v) is 2.95. The number of nitrogen functional groups attached to an aromatic ring is 1. The van der Waals surface area contributed by atoms with E-state index < -0.39 is 0 Å². The van der Waals surface area contributed by atoms with Gasteiger partial charge in [0.2, 0.25) is 0 Å². The number of anilines is 1. The number of fused-ring (bicyclic) bond motifs is 1.